The topological polar surface area (TPSA) is 211 Å². The second-order valence-corrected chi connectivity index (χ2v) is 5.33. The van der Waals surface area contributed by atoms with Crippen LogP contribution in [0.3, 0.4) is 0 Å². The molecule has 2 rings (SSSR count). The Balaban J connectivity index is 0.00000312. The van der Waals surface area contributed by atoms with E-state index in [0.29, 0.717) is 0 Å². The van der Waals surface area contributed by atoms with Crippen molar-refractivity contribution in [3.63, 3.8) is 0 Å². The number of aliphatic hydroxyl groups excluding tert-OH is 3. The van der Waals surface area contributed by atoms with Gasteiger partial charge in [-0.2, -0.15) is 0 Å². The van der Waals surface area contributed by atoms with Gasteiger partial charge in [-0.1, -0.05) is 6.58 Å². The number of H-pyrrole nitrogens is 1. The van der Waals surface area contributed by atoms with E-state index in [-0.39, 0.29) is 28.9 Å². The molecule has 2 aromatic heterocycles. The first kappa shape index (κ1) is 20.5. The molecule has 25 heavy (non-hydrogen) atoms. The molecule has 12 nitrogen and oxygen atoms in total. The Kier molecular flexibility index (Phi) is 6.61. The lowest BCUT2D eigenvalue weighted by molar-refractivity contribution is -0.105. The van der Waals surface area contributed by atoms with Crippen molar-refractivity contribution in [2.75, 3.05) is 13.2 Å². The third kappa shape index (κ3) is 3.62. The van der Waals surface area contributed by atoms with Crippen molar-refractivity contribution >= 4 is 11.2 Å². The molecule has 0 bridgehead atoms. The SMILES string of the molecule is C=C(N)Cn1c(=O)n([C@@H](C(O)O)C(CO)CO)c2nc[nH]c(=O)c21.O. The number of allylic oxidation sites excluding steroid dienone is 1. The largest absolute Gasteiger partial charge is 0.412 e. The molecule has 0 spiro atoms. The Morgan fingerprint density at radius 1 is 1.32 bits per heavy atom. The zero-order chi connectivity index (χ0) is 18.0. The van der Waals surface area contributed by atoms with E-state index in [1.54, 1.807) is 0 Å². The number of rotatable bonds is 7. The molecule has 12 heteroatoms. The number of hydrogen-bond donors (Lipinski definition) is 6. The highest BCUT2D eigenvalue weighted by molar-refractivity contribution is 5.70. The normalized spacial score (nSPS) is 12.6. The predicted octanol–water partition coefficient (Wildman–Crippen LogP) is -4.01. The number of imidazole rings is 1. The first-order valence-electron chi connectivity index (χ1n) is 7.03. The summed E-state index contributed by atoms with van der Waals surface area (Å²) < 4.78 is 1.85. The molecule has 0 aliphatic heterocycles. The van der Waals surface area contributed by atoms with E-state index in [0.717, 1.165) is 15.5 Å². The fourth-order valence-corrected chi connectivity index (χ4v) is 2.60. The zero-order valence-corrected chi connectivity index (χ0v) is 13.2. The molecule has 0 aromatic carbocycles. The van der Waals surface area contributed by atoms with Crippen LogP contribution >= 0.6 is 0 Å². The highest BCUT2D eigenvalue weighted by Gasteiger charge is 2.33. The molecule has 2 aromatic rings. The van der Waals surface area contributed by atoms with E-state index in [9.17, 15) is 30.0 Å². The van der Waals surface area contributed by atoms with Crippen LogP contribution in [0.15, 0.2) is 28.2 Å². The minimum atomic E-state index is -2.09. The number of nitrogens with one attached hydrogen (secondary N) is 1. The first-order chi connectivity index (χ1) is 11.3. The van der Waals surface area contributed by atoms with Crippen LogP contribution < -0.4 is 17.0 Å². The van der Waals surface area contributed by atoms with E-state index in [4.69, 9.17) is 5.73 Å². The van der Waals surface area contributed by atoms with E-state index in [1.807, 2.05) is 0 Å². The Morgan fingerprint density at radius 2 is 1.92 bits per heavy atom. The van der Waals surface area contributed by atoms with Crippen molar-refractivity contribution in [1.29, 1.82) is 0 Å². The maximum atomic E-state index is 12.7. The Bertz CT molecular complexity index is 849. The fourth-order valence-electron chi connectivity index (χ4n) is 2.60. The van der Waals surface area contributed by atoms with Crippen molar-refractivity contribution in [3.05, 3.63) is 39.4 Å². The van der Waals surface area contributed by atoms with Crippen LogP contribution in [0.2, 0.25) is 0 Å². The molecular weight excluding hydrogens is 338 g/mol. The smallest absolute Gasteiger partial charge is 0.331 e. The van der Waals surface area contributed by atoms with Crippen LogP contribution in [0.25, 0.3) is 11.2 Å². The molecular formula is C13H21N5O7. The quantitative estimate of drug-likeness (QED) is 0.267. The molecule has 0 radical (unpaired) electrons. The number of nitrogens with two attached hydrogens (primary N) is 1. The van der Waals surface area contributed by atoms with Gasteiger partial charge < -0.3 is 36.6 Å². The fraction of sp³-hybridized carbons (Fsp3) is 0.462. The van der Waals surface area contributed by atoms with Crippen LogP contribution in [0.5, 0.6) is 0 Å². The summed E-state index contributed by atoms with van der Waals surface area (Å²) in [6.45, 7) is 2.06. The highest BCUT2D eigenvalue weighted by atomic mass is 16.5. The summed E-state index contributed by atoms with van der Waals surface area (Å²) in [5.41, 5.74) is 3.92. The Hall–Kier alpha value is -2.51. The molecule has 0 unspecified atom stereocenters. The zero-order valence-electron chi connectivity index (χ0n) is 13.2. The van der Waals surface area contributed by atoms with Crippen molar-refractivity contribution in [3.8, 4) is 0 Å². The summed E-state index contributed by atoms with van der Waals surface area (Å²) in [6, 6.07) is -1.42. The second kappa shape index (κ2) is 8.04. The van der Waals surface area contributed by atoms with Gasteiger partial charge in [0.05, 0.1) is 32.1 Å². The highest BCUT2D eigenvalue weighted by Crippen LogP contribution is 2.23. The van der Waals surface area contributed by atoms with Crippen molar-refractivity contribution < 1.29 is 25.9 Å². The molecule has 0 fully saturated rings. The van der Waals surface area contributed by atoms with Gasteiger partial charge in [-0.25, -0.2) is 9.78 Å². The molecule has 0 saturated heterocycles. The summed E-state index contributed by atoms with van der Waals surface area (Å²) >= 11 is 0. The van der Waals surface area contributed by atoms with Crippen molar-refractivity contribution in [1.82, 2.24) is 19.1 Å². The number of aromatic amines is 1. The van der Waals surface area contributed by atoms with Gasteiger partial charge in [-0.05, 0) is 0 Å². The third-order valence-electron chi connectivity index (χ3n) is 3.66. The van der Waals surface area contributed by atoms with Crippen LogP contribution in [-0.4, -0.2) is 64.5 Å². The lowest BCUT2D eigenvalue weighted by Crippen LogP contribution is -2.40. The van der Waals surface area contributed by atoms with E-state index in [2.05, 4.69) is 16.5 Å². The Morgan fingerprint density at radius 3 is 2.40 bits per heavy atom. The maximum absolute atomic E-state index is 12.7. The van der Waals surface area contributed by atoms with Gasteiger partial charge in [0.15, 0.2) is 17.5 Å². The van der Waals surface area contributed by atoms with E-state index >= 15 is 0 Å². The summed E-state index contributed by atoms with van der Waals surface area (Å²) in [6.07, 6.45) is -1.04. The molecule has 140 valence electrons. The molecule has 0 saturated carbocycles. The predicted molar refractivity (Wildman–Crippen MR) is 86.5 cm³/mol. The van der Waals surface area contributed by atoms with Crippen LogP contribution in [-0.2, 0) is 6.54 Å². The van der Waals surface area contributed by atoms with Gasteiger partial charge >= 0.3 is 5.69 Å². The van der Waals surface area contributed by atoms with Gasteiger partial charge in [0.1, 0.15) is 0 Å². The summed E-state index contributed by atoms with van der Waals surface area (Å²) in [7, 11) is 0. The van der Waals surface area contributed by atoms with Gasteiger partial charge in [-0.3, -0.25) is 13.9 Å². The summed E-state index contributed by atoms with van der Waals surface area (Å²) in [4.78, 5) is 31.0. The average molecular weight is 359 g/mol. The minimum Gasteiger partial charge on any atom is -0.412 e. The number of fused-ring (bicyclic) bond motifs is 1. The lowest BCUT2D eigenvalue weighted by atomic mass is 10.0. The van der Waals surface area contributed by atoms with Gasteiger partial charge in [0.25, 0.3) is 5.56 Å². The summed E-state index contributed by atoms with van der Waals surface area (Å²) in [5, 5.41) is 38.0. The van der Waals surface area contributed by atoms with Crippen molar-refractivity contribution in [2.45, 2.75) is 18.9 Å². The summed E-state index contributed by atoms with van der Waals surface area (Å²) in [5.74, 6) is -1.07. The minimum absolute atomic E-state index is 0. The van der Waals surface area contributed by atoms with Gasteiger partial charge in [-0.15, -0.1) is 0 Å². The first-order valence-corrected chi connectivity index (χ1v) is 7.03. The molecule has 0 aliphatic carbocycles. The Labute approximate surface area is 140 Å². The van der Waals surface area contributed by atoms with Crippen LogP contribution in [0, 0.1) is 5.92 Å². The third-order valence-corrected chi connectivity index (χ3v) is 3.66. The maximum Gasteiger partial charge on any atom is 0.331 e. The number of aliphatic hydroxyl groups is 4. The standard InChI is InChI=1S/C13H19N5O6.H2O/c1-6(14)2-17-9-10(15-5-16-11(9)21)18(13(17)24)8(12(22)23)7(3-19)4-20;/h5,7-8,12,19-20,22-23H,1-4,14H2,(H,15,16,21);1H2/t8-;/m1./s1. The number of nitrogens with zero attached hydrogens (tertiary/aromatic N) is 3. The van der Waals surface area contributed by atoms with Crippen LogP contribution in [0.4, 0.5) is 0 Å². The monoisotopic (exact) mass is 359 g/mol. The average Bonchev–Trinajstić information content (AvgIpc) is 2.78. The van der Waals surface area contributed by atoms with E-state index < -0.39 is 42.7 Å². The van der Waals surface area contributed by atoms with E-state index in [1.165, 1.54) is 0 Å². The van der Waals surface area contributed by atoms with Crippen LogP contribution in [0.1, 0.15) is 6.04 Å². The molecule has 0 amide bonds. The van der Waals surface area contributed by atoms with Gasteiger partial charge in [0, 0.05) is 11.6 Å². The number of aromatic nitrogens is 4. The van der Waals surface area contributed by atoms with Gasteiger partial charge in [0.2, 0.25) is 0 Å². The lowest BCUT2D eigenvalue weighted by Gasteiger charge is -2.26. The molecule has 1 atom stereocenters. The molecule has 9 N–H and O–H groups in total. The molecule has 0 aliphatic rings. The van der Waals surface area contributed by atoms with Crippen molar-refractivity contribution in [2.24, 2.45) is 11.7 Å². The molecule has 2 heterocycles. The number of hydrogen-bond acceptors (Lipinski definition) is 8. The second-order valence-electron chi connectivity index (χ2n) is 5.33.